The minimum Gasteiger partial charge on any atom is -0.298 e. The van der Waals surface area contributed by atoms with E-state index in [4.69, 9.17) is 0 Å². The average Bonchev–Trinajstić information content (AvgIpc) is 2.30. The maximum atomic E-state index is 2.64. The third-order valence-corrected chi connectivity index (χ3v) is 2.80. The highest BCUT2D eigenvalue weighted by atomic mass is 15.2. The molecule has 1 saturated heterocycles. The van der Waals surface area contributed by atoms with Crippen LogP contribution in [-0.4, -0.2) is 23.5 Å². The molecular formula is C10H21N. The topological polar surface area (TPSA) is 3.24 Å². The van der Waals surface area contributed by atoms with Crippen molar-refractivity contribution in [3.63, 3.8) is 0 Å². The Morgan fingerprint density at radius 2 is 2.09 bits per heavy atom. The fourth-order valence-electron chi connectivity index (χ4n) is 2.22. The van der Waals surface area contributed by atoms with Crippen LogP contribution in [0.4, 0.5) is 0 Å². The number of rotatable bonds is 2. The van der Waals surface area contributed by atoms with Crippen molar-refractivity contribution < 1.29 is 0 Å². The molecule has 11 heavy (non-hydrogen) atoms. The van der Waals surface area contributed by atoms with E-state index in [1.165, 1.54) is 19.4 Å². The van der Waals surface area contributed by atoms with Crippen LogP contribution >= 0.6 is 0 Å². The van der Waals surface area contributed by atoms with Crippen molar-refractivity contribution >= 4 is 0 Å². The molecule has 2 atom stereocenters. The van der Waals surface area contributed by atoms with Gasteiger partial charge in [-0.25, -0.2) is 0 Å². The van der Waals surface area contributed by atoms with Crippen molar-refractivity contribution in [2.45, 2.75) is 52.6 Å². The van der Waals surface area contributed by atoms with Crippen molar-refractivity contribution in [1.82, 2.24) is 4.90 Å². The summed E-state index contributed by atoms with van der Waals surface area (Å²) in [6.07, 6.45) is 2.73. The third kappa shape index (κ3) is 1.96. The molecule has 0 amide bonds. The standard InChI is InChI=1S/C10H21N/c1-5-10-6-9(4)7-11(10)8(2)3/h8-10H,5-7H2,1-4H3/t9?,10-/m1/s1. The smallest absolute Gasteiger partial charge is 0.00984 e. The molecule has 0 bridgehead atoms. The van der Waals surface area contributed by atoms with Crippen LogP contribution in [-0.2, 0) is 0 Å². The van der Waals surface area contributed by atoms with Crippen LogP contribution < -0.4 is 0 Å². The van der Waals surface area contributed by atoms with Gasteiger partial charge in [0.1, 0.15) is 0 Å². The maximum Gasteiger partial charge on any atom is 0.00984 e. The Morgan fingerprint density at radius 1 is 1.45 bits per heavy atom. The highest BCUT2D eigenvalue weighted by molar-refractivity contribution is 4.84. The van der Waals surface area contributed by atoms with Gasteiger partial charge < -0.3 is 0 Å². The van der Waals surface area contributed by atoms with Gasteiger partial charge in [-0.3, -0.25) is 4.90 Å². The lowest BCUT2D eigenvalue weighted by Gasteiger charge is -2.27. The SMILES string of the molecule is CC[C@@H]1CC(C)CN1C(C)C. The van der Waals surface area contributed by atoms with Gasteiger partial charge in [-0.1, -0.05) is 13.8 Å². The molecule has 1 heterocycles. The zero-order chi connectivity index (χ0) is 8.43. The summed E-state index contributed by atoms with van der Waals surface area (Å²) in [5.41, 5.74) is 0. The third-order valence-electron chi connectivity index (χ3n) is 2.80. The first-order chi connectivity index (χ1) is 5.15. The zero-order valence-electron chi connectivity index (χ0n) is 8.30. The number of nitrogens with zero attached hydrogens (tertiary/aromatic N) is 1. The minimum atomic E-state index is 0.741. The Kier molecular flexibility index (Phi) is 2.94. The molecule has 0 aliphatic carbocycles. The fourth-order valence-corrected chi connectivity index (χ4v) is 2.22. The molecular weight excluding hydrogens is 134 g/mol. The van der Waals surface area contributed by atoms with Gasteiger partial charge in [-0.05, 0) is 32.6 Å². The van der Waals surface area contributed by atoms with E-state index < -0.39 is 0 Å². The molecule has 0 aromatic carbocycles. The Balaban J connectivity index is 2.50. The van der Waals surface area contributed by atoms with Crippen LogP contribution in [0.3, 0.4) is 0 Å². The van der Waals surface area contributed by atoms with Crippen molar-refractivity contribution in [1.29, 1.82) is 0 Å². The van der Waals surface area contributed by atoms with Crippen molar-refractivity contribution in [3.05, 3.63) is 0 Å². The van der Waals surface area contributed by atoms with E-state index in [-0.39, 0.29) is 0 Å². The number of hydrogen-bond donors (Lipinski definition) is 0. The number of hydrogen-bond acceptors (Lipinski definition) is 1. The van der Waals surface area contributed by atoms with E-state index in [1.807, 2.05) is 0 Å². The summed E-state index contributed by atoms with van der Waals surface area (Å²) >= 11 is 0. The summed E-state index contributed by atoms with van der Waals surface area (Å²) in [7, 11) is 0. The first-order valence-corrected chi connectivity index (χ1v) is 4.90. The van der Waals surface area contributed by atoms with Crippen LogP contribution in [0.25, 0.3) is 0 Å². The fraction of sp³-hybridized carbons (Fsp3) is 1.00. The van der Waals surface area contributed by atoms with E-state index in [0.717, 1.165) is 18.0 Å². The summed E-state index contributed by atoms with van der Waals surface area (Å²) in [6, 6.07) is 1.61. The van der Waals surface area contributed by atoms with Gasteiger partial charge in [-0.15, -0.1) is 0 Å². The molecule has 1 aliphatic heterocycles. The predicted molar refractivity (Wildman–Crippen MR) is 49.7 cm³/mol. The molecule has 1 heteroatoms. The van der Waals surface area contributed by atoms with Gasteiger partial charge in [0, 0.05) is 18.6 Å². The Hall–Kier alpha value is -0.0400. The maximum absolute atomic E-state index is 2.64. The molecule has 1 nitrogen and oxygen atoms in total. The second-order valence-corrected chi connectivity index (χ2v) is 4.19. The molecule has 1 fully saturated rings. The molecule has 1 rings (SSSR count). The lowest BCUT2D eigenvalue weighted by molar-refractivity contribution is 0.197. The average molecular weight is 155 g/mol. The van der Waals surface area contributed by atoms with Crippen LogP contribution in [0, 0.1) is 5.92 Å². The molecule has 1 unspecified atom stereocenters. The van der Waals surface area contributed by atoms with E-state index in [0.29, 0.717) is 0 Å². The van der Waals surface area contributed by atoms with Crippen molar-refractivity contribution in [2.24, 2.45) is 5.92 Å². The normalized spacial score (nSPS) is 33.5. The van der Waals surface area contributed by atoms with E-state index in [1.54, 1.807) is 0 Å². The second-order valence-electron chi connectivity index (χ2n) is 4.19. The Labute approximate surface area is 70.8 Å². The monoisotopic (exact) mass is 155 g/mol. The van der Waals surface area contributed by atoms with Crippen LogP contribution in [0.15, 0.2) is 0 Å². The molecule has 66 valence electrons. The summed E-state index contributed by atoms with van der Waals surface area (Å²) in [6.45, 7) is 10.6. The minimum absolute atomic E-state index is 0.741. The summed E-state index contributed by atoms with van der Waals surface area (Å²) in [4.78, 5) is 2.64. The predicted octanol–water partition coefficient (Wildman–Crippen LogP) is 2.52. The lowest BCUT2D eigenvalue weighted by atomic mass is 10.1. The van der Waals surface area contributed by atoms with Gasteiger partial charge in [0.05, 0.1) is 0 Å². The largest absolute Gasteiger partial charge is 0.298 e. The van der Waals surface area contributed by atoms with E-state index >= 15 is 0 Å². The first kappa shape index (κ1) is 9.05. The highest BCUT2D eigenvalue weighted by Gasteiger charge is 2.29. The first-order valence-electron chi connectivity index (χ1n) is 4.90. The molecule has 0 spiro atoms. The molecule has 1 aliphatic rings. The van der Waals surface area contributed by atoms with E-state index in [9.17, 15) is 0 Å². The van der Waals surface area contributed by atoms with E-state index in [2.05, 4.69) is 32.6 Å². The van der Waals surface area contributed by atoms with Gasteiger partial charge in [0.15, 0.2) is 0 Å². The van der Waals surface area contributed by atoms with Crippen LogP contribution in [0.1, 0.15) is 40.5 Å². The zero-order valence-corrected chi connectivity index (χ0v) is 8.30. The summed E-state index contributed by atoms with van der Waals surface area (Å²) < 4.78 is 0. The van der Waals surface area contributed by atoms with Crippen molar-refractivity contribution in [2.75, 3.05) is 6.54 Å². The number of likely N-dealkylation sites (tertiary alicyclic amines) is 1. The van der Waals surface area contributed by atoms with Crippen LogP contribution in [0.5, 0.6) is 0 Å². The van der Waals surface area contributed by atoms with Crippen LogP contribution in [0.2, 0.25) is 0 Å². The Bertz CT molecular complexity index is 120. The molecule has 0 radical (unpaired) electrons. The Morgan fingerprint density at radius 3 is 2.45 bits per heavy atom. The highest BCUT2D eigenvalue weighted by Crippen LogP contribution is 2.26. The van der Waals surface area contributed by atoms with Crippen molar-refractivity contribution in [3.8, 4) is 0 Å². The van der Waals surface area contributed by atoms with Gasteiger partial charge >= 0.3 is 0 Å². The second kappa shape index (κ2) is 3.57. The lowest BCUT2D eigenvalue weighted by Crippen LogP contribution is -2.35. The quantitative estimate of drug-likeness (QED) is 0.592. The summed E-state index contributed by atoms with van der Waals surface area (Å²) in [5.74, 6) is 0.919. The van der Waals surface area contributed by atoms with Gasteiger partial charge in [0.2, 0.25) is 0 Å². The van der Waals surface area contributed by atoms with Gasteiger partial charge in [0.25, 0.3) is 0 Å². The molecule has 0 aromatic heterocycles. The van der Waals surface area contributed by atoms with Gasteiger partial charge in [-0.2, -0.15) is 0 Å². The summed E-state index contributed by atoms with van der Waals surface area (Å²) in [5, 5.41) is 0. The molecule has 0 aromatic rings. The molecule has 0 N–H and O–H groups in total. The molecule has 0 saturated carbocycles.